The van der Waals surface area contributed by atoms with Crippen LogP contribution in [0.1, 0.15) is 63.5 Å². The fourth-order valence-corrected chi connectivity index (χ4v) is 8.40. The molecule has 0 amide bonds. The molecule has 5 fully saturated rings. The zero-order valence-corrected chi connectivity index (χ0v) is 18.4. The summed E-state index contributed by atoms with van der Waals surface area (Å²) in [6.07, 6.45) is 9.77. The normalized spacial score (nSPS) is 42.1. The first-order valence-corrected chi connectivity index (χ1v) is 12.5. The molecule has 9 atom stereocenters. The van der Waals surface area contributed by atoms with Gasteiger partial charge in [0.25, 0.3) is 0 Å². The fraction of sp³-hybridized carbons (Fsp3) is 0.704. The van der Waals surface area contributed by atoms with Crippen molar-refractivity contribution >= 4 is 0 Å². The molecule has 162 valence electrons. The van der Waals surface area contributed by atoms with Gasteiger partial charge in [-0.2, -0.15) is 0 Å². The van der Waals surface area contributed by atoms with Crippen molar-refractivity contribution in [2.24, 2.45) is 41.4 Å². The van der Waals surface area contributed by atoms with Gasteiger partial charge in [-0.3, -0.25) is 0 Å². The maximum Gasteiger partial charge on any atom is 0.196 e. The molecule has 0 radical (unpaired) electrons. The van der Waals surface area contributed by atoms with Gasteiger partial charge >= 0.3 is 0 Å². The molecule has 0 aromatic heterocycles. The zero-order valence-electron chi connectivity index (χ0n) is 18.4. The number of benzene rings is 1. The second-order valence-electron chi connectivity index (χ2n) is 10.9. The van der Waals surface area contributed by atoms with Gasteiger partial charge in [0.05, 0.1) is 12.6 Å². The molecule has 1 heterocycles. The highest BCUT2D eigenvalue weighted by Crippen LogP contribution is 2.69. The molecular weight excluding hydrogens is 370 g/mol. The standard InChI is InChI=1S/C27H37NO2/c1-16-9-11-28-27(16)18-5-7-23(8-6-18)30-17(2)29-12-10-19-13-22-15-24(19)26-21-4-3-20(14-21)25(22)26/h5-8,17,19-22,24-28H,1,3-4,9-15H2,2H3. The Morgan fingerprint density at radius 2 is 1.83 bits per heavy atom. The van der Waals surface area contributed by atoms with Crippen LogP contribution in [0.4, 0.5) is 0 Å². The molecule has 30 heavy (non-hydrogen) atoms. The predicted octanol–water partition coefficient (Wildman–Crippen LogP) is 5.73. The van der Waals surface area contributed by atoms with Crippen molar-refractivity contribution in [3.05, 3.63) is 42.0 Å². The van der Waals surface area contributed by atoms with Gasteiger partial charge in [0.2, 0.25) is 0 Å². The summed E-state index contributed by atoms with van der Waals surface area (Å²) < 4.78 is 12.1. The van der Waals surface area contributed by atoms with E-state index in [1.54, 1.807) is 12.8 Å². The van der Waals surface area contributed by atoms with E-state index >= 15 is 0 Å². The monoisotopic (exact) mass is 407 g/mol. The largest absolute Gasteiger partial charge is 0.465 e. The number of hydrogen-bond donors (Lipinski definition) is 1. The van der Waals surface area contributed by atoms with Crippen molar-refractivity contribution in [2.45, 2.75) is 64.2 Å². The first-order chi connectivity index (χ1) is 14.7. The quantitative estimate of drug-likeness (QED) is 0.356. The summed E-state index contributed by atoms with van der Waals surface area (Å²) in [4.78, 5) is 0. The minimum absolute atomic E-state index is 0.191. The zero-order chi connectivity index (χ0) is 20.2. The predicted molar refractivity (Wildman–Crippen MR) is 119 cm³/mol. The lowest BCUT2D eigenvalue weighted by Gasteiger charge is -2.38. The number of rotatable bonds is 7. The average molecular weight is 408 g/mol. The third-order valence-electron chi connectivity index (χ3n) is 9.43. The number of fused-ring (bicyclic) bond motifs is 9. The first kappa shape index (κ1) is 19.4. The minimum Gasteiger partial charge on any atom is -0.465 e. The van der Waals surface area contributed by atoms with Crippen molar-refractivity contribution in [3.63, 3.8) is 0 Å². The van der Waals surface area contributed by atoms with E-state index < -0.39 is 0 Å². The Hall–Kier alpha value is -1.32. The summed E-state index contributed by atoms with van der Waals surface area (Å²) in [6.45, 7) is 8.07. The van der Waals surface area contributed by atoms with E-state index in [0.717, 1.165) is 66.7 Å². The highest BCUT2D eigenvalue weighted by atomic mass is 16.7. The van der Waals surface area contributed by atoms with Gasteiger partial charge in [0.15, 0.2) is 6.29 Å². The van der Waals surface area contributed by atoms with Crippen LogP contribution in [0.15, 0.2) is 36.4 Å². The third kappa shape index (κ3) is 3.24. The number of ether oxygens (including phenoxy) is 2. The van der Waals surface area contributed by atoms with Crippen LogP contribution < -0.4 is 10.1 Å². The van der Waals surface area contributed by atoms with Crippen LogP contribution >= 0.6 is 0 Å². The molecule has 3 heteroatoms. The molecule has 0 spiro atoms. The molecule has 1 aromatic rings. The van der Waals surface area contributed by atoms with E-state index in [0.29, 0.717) is 6.04 Å². The number of hydrogen-bond acceptors (Lipinski definition) is 3. The molecule has 4 saturated carbocycles. The first-order valence-electron chi connectivity index (χ1n) is 12.5. The Labute approximate surface area is 181 Å². The Morgan fingerprint density at radius 1 is 1.03 bits per heavy atom. The van der Waals surface area contributed by atoms with E-state index in [9.17, 15) is 0 Å². The van der Waals surface area contributed by atoms with Crippen LogP contribution in [-0.2, 0) is 4.74 Å². The highest BCUT2D eigenvalue weighted by Gasteiger charge is 2.61. The minimum atomic E-state index is -0.191. The van der Waals surface area contributed by atoms with E-state index in [4.69, 9.17) is 9.47 Å². The Morgan fingerprint density at radius 3 is 2.60 bits per heavy atom. The van der Waals surface area contributed by atoms with Gasteiger partial charge in [0.1, 0.15) is 5.75 Å². The van der Waals surface area contributed by atoms with Gasteiger partial charge < -0.3 is 14.8 Å². The second kappa shape index (κ2) is 7.67. The average Bonchev–Trinajstić information content (AvgIpc) is 3.54. The van der Waals surface area contributed by atoms with Crippen LogP contribution in [0.3, 0.4) is 0 Å². The number of nitrogens with one attached hydrogen (secondary N) is 1. The maximum atomic E-state index is 6.09. The molecule has 3 nitrogen and oxygen atoms in total. The Kier molecular flexibility index (Phi) is 4.95. The molecule has 5 aliphatic rings. The summed E-state index contributed by atoms with van der Waals surface area (Å²) in [5.74, 6) is 8.26. The van der Waals surface area contributed by atoms with Gasteiger partial charge in [0, 0.05) is 0 Å². The fourth-order valence-electron chi connectivity index (χ4n) is 8.40. The van der Waals surface area contributed by atoms with E-state index in [1.165, 1.54) is 36.8 Å². The Balaban J connectivity index is 0.971. The third-order valence-corrected chi connectivity index (χ3v) is 9.43. The van der Waals surface area contributed by atoms with Crippen molar-refractivity contribution in [1.29, 1.82) is 0 Å². The van der Waals surface area contributed by atoms with E-state index in [-0.39, 0.29) is 6.29 Å². The summed E-state index contributed by atoms with van der Waals surface area (Å²) in [5, 5.41) is 3.51. The van der Waals surface area contributed by atoms with Crippen LogP contribution in [-0.4, -0.2) is 19.4 Å². The summed E-state index contributed by atoms with van der Waals surface area (Å²) in [7, 11) is 0. The van der Waals surface area contributed by atoms with Crippen molar-refractivity contribution < 1.29 is 9.47 Å². The molecular formula is C27H37NO2. The van der Waals surface area contributed by atoms with Crippen molar-refractivity contribution in [2.75, 3.05) is 13.2 Å². The van der Waals surface area contributed by atoms with Crippen molar-refractivity contribution in [3.8, 4) is 5.75 Å². The molecule has 1 aromatic carbocycles. The summed E-state index contributed by atoms with van der Waals surface area (Å²) >= 11 is 0. The molecule has 4 bridgehead atoms. The maximum absolute atomic E-state index is 6.09. The van der Waals surface area contributed by atoms with Crippen molar-refractivity contribution in [1.82, 2.24) is 5.32 Å². The molecule has 1 saturated heterocycles. The topological polar surface area (TPSA) is 30.5 Å². The van der Waals surface area contributed by atoms with Crippen LogP contribution in [0.2, 0.25) is 0 Å². The second-order valence-corrected chi connectivity index (χ2v) is 10.9. The lowest BCUT2D eigenvalue weighted by atomic mass is 9.67. The summed E-state index contributed by atoms with van der Waals surface area (Å²) in [6, 6.07) is 8.72. The van der Waals surface area contributed by atoms with Gasteiger partial charge in [-0.15, -0.1) is 0 Å². The lowest BCUT2D eigenvalue weighted by molar-refractivity contribution is -0.0735. The lowest BCUT2D eigenvalue weighted by Crippen LogP contribution is -2.33. The Bertz CT molecular complexity index is 789. The van der Waals surface area contributed by atoms with Crippen LogP contribution in [0.25, 0.3) is 0 Å². The van der Waals surface area contributed by atoms with Gasteiger partial charge in [-0.25, -0.2) is 0 Å². The van der Waals surface area contributed by atoms with E-state index in [2.05, 4.69) is 36.2 Å². The smallest absolute Gasteiger partial charge is 0.196 e. The SMILES string of the molecule is C=C1CCNC1c1ccc(OC(C)OCCC2CC3CC2C2C4CCC(C4)C32)cc1. The van der Waals surface area contributed by atoms with Crippen LogP contribution in [0, 0.1) is 41.4 Å². The van der Waals surface area contributed by atoms with E-state index in [1.807, 2.05) is 6.92 Å². The highest BCUT2D eigenvalue weighted by molar-refractivity contribution is 5.34. The van der Waals surface area contributed by atoms with Gasteiger partial charge in [-0.05, 0) is 118 Å². The van der Waals surface area contributed by atoms with Crippen LogP contribution in [0.5, 0.6) is 5.75 Å². The van der Waals surface area contributed by atoms with Gasteiger partial charge in [-0.1, -0.05) is 24.3 Å². The molecule has 4 aliphatic carbocycles. The molecule has 1 aliphatic heterocycles. The molecule has 9 unspecified atom stereocenters. The molecule has 6 rings (SSSR count). The molecule has 1 N–H and O–H groups in total. The summed E-state index contributed by atoms with van der Waals surface area (Å²) in [5.41, 5.74) is 2.55.